The lowest BCUT2D eigenvalue weighted by Crippen LogP contribution is -2.34. The van der Waals surface area contributed by atoms with Crippen LogP contribution in [0.25, 0.3) is 0 Å². The van der Waals surface area contributed by atoms with Crippen molar-refractivity contribution in [2.75, 3.05) is 13.2 Å². The van der Waals surface area contributed by atoms with Crippen LogP contribution in [0.4, 0.5) is 0 Å². The molecule has 0 fully saturated rings. The largest absolute Gasteiger partial charge is 0.494 e. The van der Waals surface area contributed by atoms with Gasteiger partial charge in [0.15, 0.2) is 0 Å². The first-order valence-corrected chi connectivity index (χ1v) is 7.55. The van der Waals surface area contributed by atoms with E-state index in [2.05, 4.69) is 15.8 Å². The molecule has 0 aliphatic heterocycles. The van der Waals surface area contributed by atoms with Crippen LogP contribution in [-0.2, 0) is 4.79 Å². The second-order valence-electron chi connectivity index (χ2n) is 4.86. The minimum absolute atomic E-state index is 0.178. The minimum Gasteiger partial charge on any atom is -0.494 e. The highest BCUT2D eigenvalue weighted by Crippen LogP contribution is 2.12. The number of ether oxygens (including phenoxy) is 1. The Bertz CT molecular complexity index is 678. The van der Waals surface area contributed by atoms with Crippen LogP contribution in [0.2, 0.25) is 0 Å². The molecule has 7 nitrogen and oxygen atoms in total. The first-order chi connectivity index (χ1) is 11.7. The van der Waals surface area contributed by atoms with Gasteiger partial charge in [-0.2, -0.15) is 5.10 Å². The van der Waals surface area contributed by atoms with Gasteiger partial charge in [0.25, 0.3) is 11.8 Å². The maximum Gasteiger partial charge on any atom is 0.259 e. The first kappa shape index (κ1) is 17.3. The van der Waals surface area contributed by atoms with Crippen molar-refractivity contribution in [3.63, 3.8) is 0 Å². The molecule has 2 amide bonds. The fraction of sp³-hybridized carbons (Fsp3) is 0.235. The number of hydrazone groups is 1. The van der Waals surface area contributed by atoms with E-state index in [4.69, 9.17) is 9.15 Å². The maximum absolute atomic E-state index is 11.9. The quantitative estimate of drug-likeness (QED) is 0.572. The SMILES string of the molecule is CCCOc1ccc(C(=O)NCC(=O)N/N=C/c2ccco2)cc1. The molecule has 0 bridgehead atoms. The number of furan rings is 1. The molecule has 2 N–H and O–H groups in total. The van der Waals surface area contributed by atoms with Gasteiger partial charge in [-0.15, -0.1) is 0 Å². The van der Waals surface area contributed by atoms with E-state index in [0.717, 1.165) is 6.42 Å². The Kier molecular flexibility index (Phi) is 6.58. The van der Waals surface area contributed by atoms with E-state index < -0.39 is 5.91 Å². The van der Waals surface area contributed by atoms with E-state index in [1.807, 2.05) is 6.92 Å². The number of hydrogen-bond donors (Lipinski definition) is 2. The first-order valence-electron chi connectivity index (χ1n) is 7.55. The molecule has 2 aromatic rings. The van der Waals surface area contributed by atoms with Gasteiger partial charge in [0.1, 0.15) is 11.5 Å². The number of nitrogens with zero attached hydrogens (tertiary/aromatic N) is 1. The van der Waals surface area contributed by atoms with Gasteiger partial charge >= 0.3 is 0 Å². The summed E-state index contributed by atoms with van der Waals surface area (Å²) in [6.07, 6.45) is 3.79. The minimum atomic E-state index is -0.436. The number of benzene rings is 1. The number of amides is 2. The molecule has 0 aliphatic rings. The Balaban J connectivity index is 1.74. The summed E-state index contributed by atoms with van der Waals surface area (Å²) in [5, 5.41) is 6.23. The number of hydrogen-bond acceptors (Lipinski definition) is 5. The van der Waals surface area contributed by atoms with Gasteiger partial charge in [-0.25, -0.2) is 5.43 Å². The highest BCUT2D eigenvalue weighted by atomic mass is 16.5. The summed E-state index contributed by atoms with van der Waals surface area (Å²) in [6, 6.07) is 10.1. The van der Waals surface area contributed by atoms with Crippen LogP contribution < -0.4 is 15.5 Å². The van der Waals surface area contributed by atoms with Gasteiger partial charge in [-0.3, -0.25) is 9.59 Å². The average molecular weight is 329 g/mol. The van der Waals surface area contributed by atoms with Crippen LogP contribution in [0.15, 0.2) is 52.2 Å². The lowest BCUT2D eigenvalue weighted by molar-refractivity contribution is -0.120. The molecule has 126 valence electrons. The Labute approximate surface area is 139 Å². The molecule has 0 atom stereocenters. The predicted octanol–water partition coefficient (Wildman–Crippen LogP) is 1.95. The Morgan fingerprint density at radius 1 is 1.25 bits per heavy atom. The van der Waals surface area contributed by atoms with Gasteiger partial charge in [-0.05, 0) is 42.8 Å². The zero-order valence-electron chi connectivity index (χ0n) is 13.3. The molecular weight excluding hydrogens is 310 g/mol. The van der Waals surface area contributed by atoms with Crippen molar-refractivity contribution in [2.24, 2.45) is 5.10 Å². The van der Waals surface area contributed by atoms with Crippen molar-refractivity contribution in [2.45, 2.75) is 13.3 Å². The summed E-state index contributed by atoms with van der Waals surface area (Å²) in [7, 11) is 0. The summed E-state index contributed by atoms with van der Waals surface area (Å²) in [4.78, 5) is 23.5. The lowest BCUT2D eigenvalue weighted by Gasteiger charge is -2.06. The topological polar surface area (TPSA) is 92.9 Å². The highest BCUT2D eigenvalue weighted by Gasteiger charge is 2.07. The number of rotatable bonds is 8. The Morgan fingerprint density at radius 2 is 2.04 bits per heavy atom. The van der Waals surface area contributed by atoms with Gasteiger partial charge < -0.3 is 14.5 Å². The number of nitrogens with one attached hydrogen (secondary N) is 2. The number of carbonyl (C=O) groups excluding carboxylic acids is 2. The van der Waals surface area contributed by atoms with E-state index in [1.54, 1.807) is 36.4 Å². The molecule has 0 spiro atoms. The summed E-state index contributed by atoms with van der Waals surface area (Å²) in [5.41, 5.74) is 2.75. The lowest BCUT2D eigenvalue weighted by atomic mass is 10.2. The van der Waals surface area contributed by atoms with Crippen LogP contribution in [-0.4, -0.2) is 31.2 Å². The smallest absolute Gasteiger partial charge is 0.259 e. The average Bonchev–Trinajstić information content (AvgIpc) is 3.11. The standard InChI is InChI=1S/C17H19N3O4/c1-2-9-23-14-7-5-13(6-8-14)17(22)18-12-16(21)20-19-11-15-4-3-10-24-15/h3-8,10-11H,2,9,12H2,1H3,(H,18,22)(H,20,21)/b19-11+. The second kappa shape index (κ2) is 9.14. The molecule has 0 saturated carbocycles. The van der Waals surface area contributed by atoms with Crippen molar-refractivity contribution in [1.29, 1.82) is 0 Å². The third kappa shape index (κ3) is 5.60. The molecule has 2 rings (SSSR count). The Morgan fingerprint density at radius 3 is 2.71 bits per heavy atom. The normalized spacial score (nSPS) is 10.5. The van der Waals surface area contributed by atoms with Crippen molar-refractivity contribution in [3.05, 3.63) is 54.0 Å². The zero-order valence-corrected chi connectivity index (χ0v) is 13.3. The molecular formula is C17H19N3O4. The van der Waals surface area contributed by atoms with Crippen molar-refractivity contribution in [1.82, 2.24) is 10.7 Å². The van der Waals surface area contributed by atoms with E-state index in [0.29, 0.717) is 23.7 Å². The molecule has 1 aromatic carbocycles. The van der Waals surface area contributed by atoms with Gasteiger partial charge in [0, 0.05) is 5.56 Å². The van der Waals surface area contributed by atoms with Gasteiger partial charge in [-0.1, -0.05) is 6.92 Å². The highest BCUT2D eigenvalue weighted by molar-refractivity contribution is 5.96. The number of carbonyl (C=O) groups is 2. The predicted molar refractivity (Wildman–Crippen MR) is 89.0 cm³/mol. The van der Waals surface area contributed by atoms with E-state index in [1.165, 1.54) is 12.5 Å². The van der Waals surface area contributed by atoms with Gasteiger partial charge in [0.05, 0.1) is 25.6 Å². The fourth-order valence-electron chi connectivity index (χ4n) is 1.76. The van der Waals surface area contributed by atoms with Crippen LogP contribution in [0.5, 0.6) is 5.75 Å². The molecule has 0 aliphatic carbocycles. The van der Waals surface area contributed by atoms with Crippen molar-refractivity contribution < 1.29 is 18.7 Å². The molecule has 0 saturated heterocycles. The van der Waals surface area contributed by atoms with E-state index in [-0.39, 0.29) is 12.5 Å². The fourth-order valence-corrected chi connectivity index (χ4v) is 1.76. The summed E-state index contributed by atoms with van der Waals surface area (Å²) >= 11 is 0. The van der Waals surface area contributed by atoms with E-state index >= 15 is 0 Å². The van der Waals surface area contributed by atoms with Crippen LogP contribution in [0.1, 0.15) is 29.5 Å². The third-order valence-corrected chi connectivity index (χ3v) is 2.92. The Hall–Kier alpha value is -3.09. The summed E-state index contributed by atoms with van der Waals surface area (Å²) in [5.74, 6) is 0.444. The third-order valence-electron chi connectivity index (χ3n) is 2.92. The molecule has 1 aromatic heterocycles. The van der Waals surface area contributed by atoms with Gasteiger partial charge in [0.2, 0.25) is 0 Å². The van der Waals surface area contributed by atoms with Crippen molar-refractivity contribution in [3.8, 4) is 5.75 Å². The van der Waals surface area contributed by atoms with E-state index in [9.17, 15) is 9.59 Å². The maximum atomic E-state index is 11.9. The molecule has 0 radical (unpaired) electrons. The summed E-state index contributed by atoms with van der Waals surface area (Å²) in [6.45, 7) is 2.47. The molecule has 1 heterocycles. The summed E-state index contributed by atoms with van der Waals surface area (Å²) < 4.78 is 10.5. The van der Waals surface area contributed by atoms with Crippen LogP contribution >= 0.6 is 0 Å². The molecule has 0 unspecified atom stereocenters. The van der Waals surface area contributed by atoms with Crippen LogP contribution in [0.3, 0.4) is 0 Å². The van der Waals surface area contributed by atoms with Crippen molar-refractivity contribution >= 4 is 18.0 Å². The monoisotopic (exact) mass is 329 g/mol. The molecule has 7 heteroatoms. The van der Waals surface area contributed by atoms with Crippen LogP contribution in [0, 0.1) is 0 Å². The second-order valence-corrected chi connectivity index (χ2v) is 4.86. The molecule has 24 heavy (non-hydrogen) atoms. The zero-order chi connectivity index (χ0) is 17.2.